The molecule has 0 heterocycles. The highest BCUT2D eigenvalue weighted by Crippen LogP contribution is 2.20. The number of hydrogen-bond donors (Lipinski definition) is 2. The first kappa shape index (κ1) is 16.0. The van der Waals surface area contributed by atoms with E-state index >= 15 is 0 Å². The molecule has 0 aromatic heterocycles. The fourth-order valence-electron chi connectivity index (χ4n) is 2.03. The molecule has 1 amide bonds. The smallest absolute Gasteiger partial charge is 0.254 e. The second-order valence-corrected chi connectivity index (χ2v) is 4.96. The lowest BCUT2D eigenvalue weighted by atomic mass is 10.1. The van der Waals surface area contributed by atoms with Crippen molar-refractivity contribution >= 4 is 5.91 Å². The van der Waals surface area contributed by atoms with Crippen molar-refractivity contribution in [3.05, 3.63) is 65.0 Å². The molecule has 22 heavy (non-hydrogen) atoms. The van der Waals surface area contributed by atoms with Crippen LogP contribution in [0, 0.1) is 12.7 Å². The van der Waals surface area contributed by atoms with Gasteiger partial charge in [-0.2, -0.15) is 0 Å². The van der Waals surface area contributed by atoms with Gasteiger partial charge < -0.3 is 15.2 Å². The molecule has 2 aromatic carbocycles. The predicted molar refractivity (Wildman–Crippen MR) is 81.4 cm³/mol. The molecule has 0 fully saturated rings. The Morgan fingerprint density at radius 1 is 1.27 bits per heavy atom. The van der Waals surface area contributed by atoms with Gasteiger partial charge in [-0.15, -0.1) is 0 Å². The van der Waals surface area contributed by atoms with E-state index < -0.39 is 17.8 Å². The molecule has 116 valence electrons. The van der Waals surface area contributed by atoms with Gasteiger partial charge in [0.2, 0.25) is 0 Å². The number of halogens is 1. The summed E-state index contributed by atoms with van der Waals surface area (Å²) in [5.41, 5.74) is 1.66. The number of benzene rings is 2. The number of hydrogen-bond acceptors (Lipinski definition) is 3. The second-order valence-electron chi connectivity index (χ2n) is 4.96. The molecule has 1 unspecified atom stereocenters. The van der Waals surface area contributed by atoms with Crippen LogP contribution >= 0.6 is 0 Å². The maximum atomic E-state index is 14.0. The fraction of sp³-hybridized carbons (Fsp3) is 0.235. The number of methoxy groups -OCH3 is 1. The quantitative estimate of drug-likeness (QED) is 0.892. The van der Waals surface area contributed by atoms with E-state index in [2.05, 4.69) is 5.32 Å². The number of nitrogens with one attached hydrogen (secondary N) is 1. The van der Waals surface area contributed by atoms with Crippen LogP contribution in [0.5, 0.6) is 5.75 Å². The van der Waals surface area contributed by atoms with Crippen LogP contribution in [-0.4, -0.2) is 24.7 Å². The van der Waals surface area contributed by atoms with Gasteiger partial charge in [0.1, 0.15) is 0 Å². The van der Waals surface area contributed by atoms with Crippen molar-refractivity contribution in [2.24, 2.45) is 0 Å². The molecule has 0 aliphatic carbocycles. The number of aliphatic hydroxyl groups is 1. The Morgan fingerprint density at radius 3 is 2.59 bits per heavy atom. The first-order valence-corrected chi connectivity index (χ1v) is 6.88. The minimum Gasteiger partial charge on any atom is -0.494 e. The summed E-state index contributed by atoms with van der Waals surface area (Å²) in [6.45, 7) is 1.95. The normalized spacial score (nSPS) is 11.8. The summed E-state index contributed by atoms with van der Waals surface area (Å²) in [4.78, 5) is 12.0. The van der Waals surface area contributed by atoms with Crippen LogP contribution in [0.4, 0.5) is 4.39 Å². The lowest BCUT2D eigenvalue weighted by Gasteiger charge is -2.13. The number of amides is 1. The maximum Gasteiger partial charge on any atom is 0.254 e. The summed E-state index contributed by atoms with van der Waals surface area (Å²) < 4.78 is 18.8. The second kappa shape index (κ2) is 7.04. The van der Waals surface area contributed by atoms with Gasteiger partial charge in [-0.25, -0.2) is 4.39 Å². The molecule has 0 spiro atoms. The number of carbonyl (C=O) groups excluding carboxylic acids is 1. The largest absolute Gasteiger partial charge is 0.494 e. The molecule has 1 atom stereocenters. The van der Waals surface area contributed by atoms with E-state index in [9.17, 15) is 14.3 Å². The van der Waals surface area contributed by atoms with Crippen molar-refractivity contribution in [1.29, 1.82) is 0 Å². The van der Waals surface area contributed by atoms with Crippen molar-refractivity contribution < 1.29 is 19.0 Å². The molecule has 0 saturated heterocycles. The SMILES string of the molecule is COc1cccc(C(=O)NCC(O)c2ccc(C)cc2)c1F. The molecule has 0 aliphatic rings. The number of rotatable bonds is 5. The van der Waals surface area contributed by atoms with Gasteiger partial charge in [0.15, 0.2) is 11.6 Å². The average molecular weight is 303 g/mol. The van der Waals surface area contributed by atoms with Crippen LogP contribution in [0.1, 0.15) is 27.6 Å². The summed E-state index contributed by atoms with van der Waals surface area (Å²) in [7, 11) is 1.33. The fourth-order valence-corrected chi connectivity index (χ4v) is 2.03. The predicted octanol–water partition coefficient (Wildman–Crippen LogP) is 2.61. The molecule has 2 aromatic rings. The van der Waals surface area contributed by atoms with Gasteiger partial charge in [-0.3, -0.25) is 4.79 Å². The van der Waals surface area contributed by atoms with Crippen LogP contribution in [0.3, 0.4) is 0 Å². The average Bonchev–Trinajstić information content (AvgIpc) is 2.53. The Balaban J connectivity index is 2.02. The van der Waals surface area contributed by atoms with Gasteiger partial charge in [-0.1, -0.05) is 35.9 Å². The molecule has 2 rings (SSSR count). The highest BCUT2D eigenvalue weighted by molar-refractivity contribution is 5.94. The minimum absolute atomic E-state index is 0.00144. The zero-order valence-electron chi connectivity index (χ0n) is 12.5. The molecule has 0 radical (unpaired) electrons. The molecular formula is C17H18FNO3. The summed E-state index contributed by atoms with van der Waals surface area (Å²) in [6, 6.07) is 11.7. The van der Waals surface area contributed by atoms with Crippen LogP contribution in [0.2, 0.25) is 0 Å². The summed E-state index contributed by atoms with van der Waals surface area (Å²) in [5.74, 6) is -1.30. The zero-order valence-corrected chi connectivity index (χ0v) is 12.5. The topological polar surface area (TPSA) is 58.6 Å². The van der Waals surface area contributed by atoms with Crippen molar-refractivity contribution in [3.63, 3.8) is 0 Å². The number of aliphatic hydroxyl groups excluding tert-OH is 1. The Morgan fingerprint density at radius 2 is 1.95 bits per heavy atom. The monoisotopic (exact) mass is 303 g/mol. The van der Waals surface area contributed by atoms with E-state index in [1.165, 1.54) is 25.3 Å². The zero-order chi connectivity index (χ0) is 16.1. The lowest BCUT2D eigenvalue weighted by molar-refractivity contribution is 0.0911. The van der Waals surface area contributed by atoms with Crippen molar-refractivity contribution in [1.82, 2.24) is 5.32 Å². The van der Waals surface area contributed by atoms with E-state index in [1.54, 1.807) is 12.1 Å². The molecule has 5 heteroatoms. The summed E-state index contributed by atoms with van der Waals surface area (Å²) >= 11 is 0. The Kier molecular flexibility index (Phi) is 5.12. The van der Waals surface area contributed by atoms with Gasteiger partial charge in [0.25, 0.3) is 5.91 Å². The Bertz CT molecular complexity index is 655. The molecule has 0 aliphatic heterocycles. The number of aryl methyl sites for hydroxylation is 1. The van der Waals surface area contributed by atoms with Crippen molar-refractivity contribution in [3.8, 4) is 5.75 Å². The standard InChI is InChI=1S/C17H18FNO3/c1-11-6-8-12(9-7-11)14(20)10-19-17(21)13-4-3-5-15(22-2)16(13)18/h3-9,14,20H,10H2,1-2H3,(H,19,21). The van der Waals surface area contributed by atoms with Crippen LogP contribution < -0.4 is 10.1 Å². The first-order chi connectivity index (χ1) is 10.5. The minimum atomic E-state index is -0.849. The van der Waals surface area contributed by atoms with E-state index in [1.807, 2.05) is 19.1 Å². The van der Waals surface area contributed by atoms with E-state index in [0.717, 1.165) is 5.56 Å². The van der Waals surface area contributed by atoms with Gasteiger partial charge >= 0.3 is 0 Å². The number of carbonyl (C=O) groups is 1. The van der Waals surface area contributed by atoms with Crippen LogP contribution in [0.25, 0.3) is 0 Å². The summed E-state index contributed by atoms with van der Waals surface area (Å²) in [6.07, 6.45) is -0.849. The Hall–Kier alpha value is -2.40. The van der Waals surface area contributed by atoms with E-state index in [0.29, 0.717) is 5.56 Å². The number of ether oxygens (including phenoxy) is 1. The Labute approximate surface area is 128 Å². The molecule has 4 nitrogen and oxygen atoms in total. The highest BCUT2D eigenvalue weighted by atomic mass is 19.1. The first-order valence-electron chi connectivity index (χ1n) is 6.88. The third-order valence-electron chi connectivity index (χ3n) is 3.35. The highest BCUT2D eigenvalue weighted by Gasteiger charge is 2.16. The van der Waals surface area contributed by atoms with Gasteiger partial charge in [-0.05, 0) is 24.6 Å². The molecular weight excluding hydrogens is 285 g/mol. The van der Waals surface area contributed by atoms with Gasteiger partial charge in [0.05, 0.1) is 18.8 Å². The summed E-state index contributed by atoms with van der Waals surface area (Å²) in [5, 5.41) is 12.6. The van der Waals surface area contributed by atoms with Crippen molar-refractivity contribution in [2.75, 3.05) is 13.7 Å². The third kappa shape index (κ3) is 3.62. The van der Waals surface area contributed by atoms with E-state index in [-0.39, 0.29) is 17.9 Å². The lowest BCUT2D eigenvalue weighted by Crippen LogP contribution is -2.29. The van der Waals surface area contributed by atoms with E-state index in [4.69, 9.17) is 4.74 Å². The van der Waals surface area contributed by atoms with Gasteiger partial charge in [0, 0.05) is 6.54 Å². The maximum absolute atomic E-state index is 14.0. The third-order valence-corrected chi connectivity index (χ3v) is 3.35. The molecule has 2 N–H and O–H groups in total. The van der Waals surface area contributed by atoms with Crippen LogP contribution in [0.15, 0.2) is 42.5 Å². The van der Waals surface area contributed by atoms with Crippen LogP contribution in [-0.2, 0) is 0 Å². The van der Waals surface area contributed by atoms with Crippen molar-refractivity contribution in [2.45, 2.75) is 13.0 Å². The molecule has 0 bridgehead atoms. The molecule has 0 saturated carbocycles.